The van der Waals surface area contributed by atoms with Crippen molar-refractivity contribution in [2.24, 2.45) is 5.41 Å². The fraction of sp³-hybridized carbons (Fsp3) is 0.684. The normalized spacial score (nSPS) is 33.3. The Bertz CT molecular complexity index is 647. The highest BCUT2D eigenvalue weighted by Gasteiger charge is 2.50. The fourth-order valence-electron chi connectivity index (χ4n) is 4.87. The Kier molecular flexibility index (Phi) is 4.63. The van der Waals surface area contributed by atoms with Crippen LogP contribution >= 0.6 is 11.6 Å². The summed E-state index contributed by atoms with van der Waals surface area (Å²) in [6, 6.07) is 4.01. The Morgan fingerprint density at radius 1 is 1.20 bits per heavy atom. The van der Waals surface area contributed by atoms with Gasteiger partial charge in [0.15, 0.2) is 0 Å². The van der Waals surface area contributed by atoms with Crippen molar-refractivity contribution in [3.63, 3.8) is 0 Å². The third-order valence-electron chi connectivity index (χ3n) is 6.27. The number of aliphatic hydroxyl groups excluding tert-OH is 1. The van der Waals surface area contributed by atoms with Crippen LogP contribution in [0.25, 0.3) is 0 Å². The van der Waals surface area contributed by atoms with Crippen molar-refractivity contribution in [3.8, 4) is 0 Å². The van der Waals surface area contributed by atoms with E-state index >= 15 is 0 Å². The van der Waals surface area contributed by atoms with E-state index in [1.165, 1.54) is 0 Å². The van der Waals surface area contributed by atoms with Gasteiger partial charge in [0, 0.05) is 31.9 Å². The first-order valence-electron chi connectivity index (χ1n) is 9.44. The van der Waals surface area contributed by atoms with E-state index in [4.69, 9.17) is 11.6 Å². The number of aromatic nitrogens is 1. The maximum atomic E-state index is 13.3. The quantitative estimate of drug-likeness (QED) is 0.877. The molecule has 136 valence electrons. The molecule has 0 bridgehead atoms. The van der Waals surface area contributed by atoms with E-state index in [-0.39, 0.29) is 11.5 Å². The fourth-order valence-corrected chi connectivity index (χ4v) is 5.11. The molecular weight excluding hydrogens is 338 g/mol. The summed E-state index contributed by atoms with van der Waals surface area (Å²) in [6.45, 7) is 2.47. The molecule has 1 aliphatic carbocycles. The summed E-state index contributed by atoms with van der Waals surface area (Å²) < 4.78 is 0. The molecule has 1 aromatic heterocycles. The molecule has 4 rings (SSSR count). The third-order valence-corrected chi connectivity index (χ3v) is 6.56. The molecule has 1 saturated carbocycles. The van der Waals surface area contributed by atoms with E-state index in [9.17, 15) is 9.90 Å². The van der Waals surface area contributed by atoms with Gasteiger partial charge >= 0.3 is 0 Å². The number of carbonyl (C=O) groups is 1. The van der Waals surface area contributed by atoms with Gasteiger partial charge < -0.3 is 14.9 Å². The van der Waals surface area contributed by atoms with Gasteiger partial charge in [-0.2, -0.15) is 0 Å². The molecule has 1 spiro atoms. The van der Waals surface area contributed by atoms with Crippen LogP contribution in [-0.2, 0) is 4.79 Å². The number of hydrogen-bond acceptors (Lipinski definition) is 4. The first-order chi connectivity index (χ1) is 12.1. The molecule has 3 fully saturated rings. The van der Waals surface area contributed by atoms with Crippen molar-refractivity contribution >= 4 is 23.3 Å². The minimum absolute atomic E-state index is 0.181. The van der Waals surface area contributed by atoms with Gasteiger partial charge in [-0.15, -0.1) is 0 Å². The monoisotopic (exact) mass is 363 g/mol. The molecular formula is C19H26ClN3O2. The smallest absolute Gasteiger partial charge is 0.230 e. The van der Waals surface area contributed by atoms with Crippen molar-refractivity contribution in [3.05, 3.63) is 23.4 Å². The molecule has 1 amide bonds. The van der Waals surface area contributed by atoms with Gasteiger partial charge in [0.05, 0.1) is 16.5 Å². The Morgan fingerprint density at radius 2 is 2.00 bits per heavy atom. The lowest BCUT2D eigenvalue weighted by Crippen LogP contribution is -2.50. The Labute approximate surface area is 154 Å². The predicted octanol–water partition coefficient (Wildman–Crippen LogP) is 2.86. The molecule has 2 saturated heterocycles. The largest absolute Gasteiger partial charge is 0.393 e. The number of anilines is 1. The number of piperidine rings is 1. The first kappa shape index (κ1) is 17.1. The number of amides is 1. The summed E-state index contributed by atoms with van der Waals surface area (Å²) >= 11 is 6.33. The number of nitrogens with zero attached hydrogens (tertiary/aromatic N) is 3. The van der Waals surface area contributed by atoms with Gasteiger partial charge in [0.25, 0.3) is 0 Å². The number of aliphatic hydroxyl groups is 1. The Balaban J connectivity index is 1.50. The zero-order valence-corrected chi connectivity index (χ0v) is 15.3. The lowest BCUT2D eigenvalue weighted by molar-refractivity contribution is -0.139. The molecule has 1 aromatic rings. The topological polar surface area (TPSA) is 56.7 Å². The molecule has 25 heavy (non-hydrogen) atoms. The SMILES string of the molecule is O=C1N([C@H]2CC[C@H](O)CC2)CC[C@]12CCCN(c1ncccc1Cl)C2. The average molecular weight is 364 g/mol. The third kappa shape index (κ3) is 3.13. The van der Waals surface area contributed by atoms with E-state index in [0.717, 1.165) is 63.9 Å². The minimum atomic E-state index is -0.283. The molecule has 2 aliphatic heterocycles. The first-order valence-corrected chi connectivity index (χ1v) is 9.81. The predicted molar refractivity (Wildman–Crippen MR) is 97.7 cm³/mol. The minimum Gasteiger partial charge on any atom is -0.393 e. The molecule has 0 radical (unpaired) electrons. The number of hydrogen-bond donors (Lipinski definition) is 1. The van der Waals surface area contributed by atoms with Crippen LogP contribution in [0.5, 0.6) is 0 Å². The highest BCUT2D eigenvalue weighted by molar-refractivity contribution is 6.32. The summed E-state index contributed by atoms with van der Waals surface area (Å²) in [4.78, 5) is 22.0. The Morgan fingerprint density at radius 3 is 2.76 bits per heavy atom. The highest BCUT2D eigenvalue weighted by atomic mass is 35.5. The van der Waals surface area contributed by atoms with Gasteiger partial charge in [-0.05, 0) is 57.1 Å². The molecule has 1 N–H and O–H groups in total. The summed E-state index contributed by atoms with van der Waals surface area (Å²) in [5, 5.41) is 10.4. The average Bonchev–Trinajstić information content (AvgIpc) is 2.92. The van der Waals surface area contributed by atoms with Crippen LogP contribution in [0.15, 0.2) is 18.3 Å². The van der Waals surface area contributed by atoms with Crippen LogP contribution in [0.4, 0.5) is 5.82 Å². The van der Waals surface area contributed by atoms with E-state index in [2.05, 4.69) is 14.8 Å². The van der Waals surface area contributed by atoms with Crippen LogP contribution in [-0.4, -0.2) is 52.7 Å². The van der Waals surface area contributed by atoms with E-state index in [1.54, 1.807) is 6.20 Å². The molecule has 5 nitrogen and oxygen atoms in total. The summed E-state index contributed by atoms with van der Waals surface area (Å²) in [6.07, 6.45) is 7.95. The lowest BCUT2D eigenvalue weighted by atomic mass is 9.78. The van der Waals surface area contributed by atoms with Crippen molar-refractivity contribution in [1.29, 1.82) is 0 Å². The number of likely N-dealkylation sites (tertiary alicyclic amines) is 1. The number of rotatable bonds is 2. The van der Waals surface area contributed by atoms with Gasteiger partial charge in [0.1, 0.15) is 5.82 Å². The molecule has 0 unspecified atom stereocenters. The molecule has 3 heterocycles. The van der Waals surface area contributed by atoms with Crippen molar-refractivity contribution in [2.75, 3.05) is 24.5 Å². The summed E-state index contributed by atoms with van der Waals surface area (Å²) in [7, 11) is 0. The molecule has 6 heteroatoms. The van der Waals surface area contributed by atoms with E-state index in [1.807, 2.05) is 12.1 Å². The zero-order chi connectivity index (χ0) is 17.4. The van der Waals surface area contributed by atoms with Gasteiger partial charge in [-0.25, -0.2) is 4.98 Å². The van der Waals surface area contributed by atoms with Crippen LogP contribution in [0.3, 0.4) is 0 Å². The maximum Gasteiger partial charge on any atom is 0.230 e. The van der Waals surface area contributed by atoms with Gasteiger partial charge in [-0.1, -0.05) is 11.6 Å². The maximum absolute atomic E-state index is 13.3. The van der Waals surface area contributed by atoms with Crippen molar-refractivity contribution in [1.82, 2.24) is 9.88 Å². The molecule has 0 aromatic carbocycles. The Hall–Kier alpha value is -1.33. The second kappa shape index (κ2) is 6.76. The van der Waals surface area contributed by atoms with Crippen molar-refractivity contribution in [2.45, 2.75) is 57.1 Å². The highest BCUT2D eigenvalue weighted by Crippen LogP contribution is 2.43. The van der Waals surface area contributed by atoms with Crippen LogP contribution in [0.1, 0.15) is 44.9 Å². The van der Waals surface area contributed by atoms with Crippen LogP contribution < -0.4 is 4.90 Å². The van der Waals surface area contributed by atoms with Crippen LogP contribution in [0, 0.1) is 5.41 Å². The number of halogens is 1. The van der Waals surface area contributed by atoms with E-state index in [0.29, 0.717) is 23.5 Å². The second-order valence-corrected chi connectivity index (χ2v) is 8.23. The van der Waals surface area contributed by atoms with E-state index < -0.39 is 0 Å². The van der Waals surface area contributed by atoms with Gasteiger partial charge in [0.2, 0.25) is 5.91 Å². The van der Waals surface area contributed by atoms with Crippen molar-refractivity contribution < 1.29 is 9.90 Å². The molecule has 1 atom stereocenters. The summed E-state index contributed by atoms with van der Waals surface area (Å²) in [5.41, 5.74) is -0.283. The lowest BCUT2D eigenvalue weighted by Gasteiger charge is -2.41. The number of pyridine rings is 1. The zero-order valence-electron chi connectivity index (χ0n) is 14.5. The second-order valence-electron chi connectivity index (χ2n) is 7.83. The molecule has 3 aliphatic rings. The standard InChI is InChI=1S/C19H26ClN3O2/c20-16-3-1-10-21-17(16)22-11-2-8-19(13-22)9-12-23(18(19)25)14-4-6-15(24)7-5-14/h1,3,10,14-15,24H,2,4-9,11-13H2/t14-,15-,19-/m0/s1. The summed E-state index contributed by atoms with van der Waals surface area (Å²) in [5.74, 6) is 1.11. The number of carbonyl (C=O) groups excluding carboxylic acids is 1. The van der Waals surface area contributed by atoms with Gasteiger partial charge in [-0.3, -0.25) is 4.79 Å². The van der Waals surface area contributed by atoms with Crippen LogP contribution in [0.2, 0.25) is 5.02 Å².